The van der Waals surface area contributed by atoms with E-state index < -0.39 is 59.0 Å². The van der Waals surface area contributed by atoms with Crippen molar-refractivity contribution in [2.24, 2.45) is 10.8 Å². The number of carboxylic acid groups (broad SMARTS) is 1. The Bertz CT molecular complexity index is 2090. The normalized spacial score (nSPS) is 15.7. The van der Waals surface area contributed by atoms with E-state index in [1.54, 1.807) is 43.9 Å². The zero-order valence-electron chi connectivity index (χ0n) is 36.7. The minimum atomic E-state index is -1.24. The maximum atomic E-state index is 14.6. The van der Waals surface area contributed by atoms with Crippen LogP contribution >= 0.6 is 0 Å². The first kappa shape index (κ1) is 46.1. The van der Waals surface area contributed by atoms with Crippen LogP contribution in [0.15, 0.2) is 103 Å². The summed E-state index contributed by atoms with van der Waals surface area (Å²) < 4.78 is 5.38. The molecule has 13 nitrogen and oxygen atoms in total. The lowest BCUT2D eigenvalue weighted by molar-refractivity contribution is -0.131. The highest BCUT2D eigenvalue weighted by Crippen LogP contribution is 2.30. The number of carbonyl (C=O) groups excluding carboxylic acids is 3. The molecule has 1 aromatic heterocycles. The third-order valence-corrected chi connectivity index (χ3v) is 11.1. The Balaban J connectivity index is 1.42. The third-order valence-electron chi connectivity index (χ3n) is 11.1. The maximum Gasteiger partial charge on any atom is 0.407 e. The minimum absolute atomic E-state index is 0.0241. The van der Waals surface area contributed by atoms with Crippen LogP contribution in [0.3, 0.4) is 0 Å². The number of pyridine rings is 1. The molecule has 5 atom stereocenters. The van der Waals surface area contributed by atoms with Gasteiger partial charge in [-0.1, -0.05) is 114 Å². The summed E-state index contributed by atoms with van der Waals surface area (Å²) in [6.07, 6.45) is -0.0853. The second-order valence-corrected chi connectivity index (χ2v) is 18.1. The fourth-order valence-electron chi connectivity index (χ4n) is 8.21. The smallest absolute Gasteiger partial charge is 0.407 e. The van der Waals surface area contributed by atoms with Crippen LogP contribution in [0.25, 0.3) is 11.3 Å². The zero-order valence-corrected chi connectivity index (χ0v) is 36.7. The van der Waals surface area contributed by atoms with E-state index in [1.165, 1.54) is 7.05 Å². The molecular weight excluding hydrogens is 773 g/mol. The van der Waals surface area contributed by atoms with E-state index in [0.717, 1.165) is 32.8 Å². The number of methoxy groups -OCH3 is 1. The lowest BCUT2D eigenvalue weighted by atomic mass is 9.84. The first-order chi connectivity index (χ1) is 28.8. The molecule has 4 aromatic rings. The number of rotatable bonds is 17. The molecule has 3 aromatic carbocycles. The van der Waals surface area contributed by atoms with Gasteiger partial charge in [-0.05, 0) is 71.0 Å². The summed E-state index contributed by atoms with van der Waals surface area (Å²) in [5.74, 6) is -0.203. The molecule has 2 heterocycles. The summed E-state index contributed by atoms with van der Waals surface area (Å²) in [6.45, 7) is 12.3. The van der Waals surface area contributed by atoms with Crippen molar-refractivity contribution in [1.29, 1.82) is 0 Å². The number of urea groups is 1. The van der Waals surface area contributed by atoms with Gasteiger partial charge in [0.05, 0.1) is 24.9 Å². The Morgan fingerprint density at radius 2 is 1.46 bits per heavy atom. The van der Waals surface area contributed by atoms with Crippen molar-refractivity contribution in [3.63, 3.8) is 0 Å². The van der Waals surface area contributed by atoms with Crippen LogP contribution in [-0.4, -0.2) is 111 Å². The molecule has 4 N–H and O–H groups in total. The van der Waals surface area contributed by atoms with Crippen LogP contribution < -0.4 is 15.4 Å². The summed E-state index contributed by atoms with van der Waals surface area (Å²) in [5.41, 5.74) is 2.96. The zero-order chi connectivity index (χ0) is 44.5. The monoisotopic (exact) mass is 834 g/mol. The van der Waals surface area contributed by atoms with E-state index in [1.807, 2.05) is 118 Å². The molecular formula is C48H62N6O7. The van der Waals surface area contributed by atoms with Crippen LogP contribution in [0.4, 0.5) is 9.59 Å². The first-order valence-electron chi connectivity index (χ1n) is 20.8. The predicted molar refractivity (Wildman–Crippen MR) is 236 cm³/mol. The van der Waals surface area contributed by atoms with Crippen molar-refractivity contribution >= 4 is 23.9 Å². The Morgan fingerprint density at radius 3 is 2.07 bits per heavy atom. The predicted octanol–water partition coefficient (Wildman–Crippen LogP) is 6.64. The maximum absolute atomic E-state index is 14.6. The number of aromatic nitrogens is 1. The second-order valence-electron chi connectivity index (χ2n) is 18.1. The van der Waals surface area contributed by atoms with Crippen molar-refractivity contribution in [2.45, 2.75) is 97.6 Å². The number of aliphatic hydroxyl groups excluding tert-OH is 1. The molecule has 0 aliphatic carbocycles. The number of hydrogen-bond donors (Lipinski definition) is 4. The average molecular weight is 835 g/mol. The van der Waals surface area contributed by atoms with Crippen molar-refractivity contribution in [2.75, 3.05) is 27.2 Å². The number of nitrogens with zero attached hydrogens (tertiary/aromatic N) is 4. The fourth-order valence-corrected chi connectivity index (χ4v) is 8.21. The topological polar surface area (TPSA) is 165 Å². The molecule has 13 heteroatoms. The number of hydrogen-bond acceptors (Lipinski definition) is 7. The van der Waals surface area contributed by atoms with Crippen LogP contribution in [0.1, 0.15) is 64.7 Å². The molecule has 0 unspecified atom stereocenters. The van der Waals surface area contributed by atoms with Gasteiger partial charge in [-0.3, -0.25) is 19.5 Å². The van der Waals surface area contributed by atoms with Crippen molar-refractivity contribution in [3.8, 4) is 17.0 Å². The van der Waals surface area contributed by atoms with Gasteiger partial charge in [0.2, 0.25) is 11.8 Å². The molecule has 61 heavy (non-hydrogen) atoms. The fraction of sp³-hybridized carbons (Fsp3) is 0.438. The molecule has 0 bridgehead atoms. The summed E-state index contributed by atoms with van der Waals surface area (Å²) >= 11 is 0. The molecule has 1 aliphatic rings. The van der Waals surface area contributed by atoms with Gasteiger partial charge in [0.25, 0.3) is 0 Å². The quantitative estimate of drug-likeness (QED) is 0.0920. The van der Waals surface area contributed by atoms with E-state index in [2.05, 4.69) is 15.6 Å². The van der Waals surface area contributed by atoms with Crippen molar-refractivity contribution < 1.29 is 34.1 Å². The molecule has 0 spiro atoms. The number of ether oxygens (including phenoxy) is 1. The summed E-state index contributed by atoms with van der Waals surface area (Å²) in [4.78, 5) is 63.7. The number of carbonyl (C=O) groups is 4. The highest BCUT2D eigenvalue weighted by Gasteiger charge is 2.45. The molecule has 1 fully saturated rings. The van der Waals surface area contributed by atoms with E-state index >= 15 is 0 Å². The van der Waals surface area contributed by atoms with Crippen LogP contribution in [-0.2, 0) is 29.0 Å². The Morgan fingerprint density at radius 1 is 0.803 bits per heavy atom. The van der Waals surface area contributed by atoms with Gasteiger partial charge in [0.1, 0.15) is 17.8 Å². The lowest BCUT2D eigenvalue weighted by Gasteiger charge is -2.38. The average Bonchev–Trinajstić information content (AvgIpc) is 3.55. The van der Waals surface area contributed by atoms with Gasteiger partial charge >= 0.3 is 12.1 Å². The largest absolute Gasteiger partial charge is 0.497 e. The van der Waals surface area contributed by atoms with Crippen molar-refractivity contribution in [1.82, 2.24) is 30.3 Å². The molecule has 1 saturated heterocycles. The van der Waals surface area contributed by atoms with Gasteiger partial charge in [-0.15, -0.1) is 0 Å². The minimum Gasteiger partial charge on any atom is -0.497 e. The number of aliphatic hydroxyl groups is 1. The Kier molecular flexibility index (Phi) is 15.2. The third kappa shape index (κ3) is 12.3. The highest BCUT2D eigenvalue weighted by molar-refractivity contribution is 5.89. The van der Waals surface area contributed by atoms with E-state index in [9.17, 15) is 29.4 Å². The first-order valence-corrected chi connectivity index (χ1v) is 20.8. The molecule has 326 valence electrons. The molecule has 0 saturated carbocycles. The van der Waals surface area contributed by atoms with Gasteiger partial charge in [0.15, 0.2) is 0 Å². The van der Waals surface area contributed by atoms with Gasteiger partial charge < -0.3 is 35.4 Å². The van der Waals surface area contributed by atoms with E-state index in [-0.39, 0.29) is 18.9 Å². The number of benzene rings is 3. The number of nitrogens with one attached hydrogen (secondary N) is 2. The van der Waals surface area contributed by atoms with Crippen molar-refractivity contribution in [3.05, 3.63) is 120 Å². The number of amides is 5. The Hall–Kier alpha value is -5.95. The SMILES string of the molecule is COc1cccc(CN2CCN([C@H](C(=O)N[C@@H](Cc3ccccc3)[C@@H](O)C[C@@H](Cc3ccc(-c4ccccn4)cc3)NC(=O)[C@@H](N(C)C(=O)O)C(C)(C)C)C(C)(C)C)C2=O)c1. The summed E-state index contributed by atoms with van der Waals surface area (Å²) in [7, 11) is 2.97. The van der Waals surface area contributed by atoms with Crippen LogP contribution in [0, 0.1) is 10.8 Å². The van der Waals surface area contributed by atoms with E-state index in [4.69, 9.17) is 4.74 Å². The summed E-state index contributed by atoms with van der Waals surface area (Å²) in [5, 5.41) is 28.4. The summed E-state index contributed by atoms with van der Waals surface area (Å²) in [6, 6.07) is 26.9. The van der Waals surface area contributed by atoms with Crippen LogP contribution in [0.2, 0.25) is 0 Å². The second kappa shape index (κ2) is 20.1. The Labute approximate surface area is 360 Å². The molecule has 5 amide bonds. The highest BCUT2D eigenvalue weighted by atomic mass is 16.5. The van der Waals surface area contributed by atoms with Gasteiger partial charge in [-0.2, -0.15) is 0 Å². The van der Waals surface area contributed by atoms with Gasteiger partial charge in [0, 0.05) is 44.5 Å². The van der Waals surface area contributed by atoms with E-state index in [0.29, 0.717) is 31.8 Å². The number of likely N-dealkylation sites (N-methyl/N-ethyl adjacent to an activating group) is 1. The lowest BCUT2D eigenvalue weighted by Crippen LogP contribution is -2.59. The molecule has 0 radical (unpaired) electrons. The molecule has 5 rings (SSSR count). The van der Waals surface area contributed by atoms with Gasteiger partial charge in [-0.25, -0.2) is 9.59 Å². The standard InChI is InChI=1S/C48H62N6O7/c1-47(2,3)41(52(7)46(59)60)43(56)50-36(27-33-20-22-35(23-21-33)38-19-12-13-24-49-38)30-40(55)39(29-32-15-10-9-11-16-32)51-44(57)42(48(4,5)6)54-26-25-53(45(54)58)31-34-17-14-18-37(28-34)61-8/h9-24,28,36,39-42,55H,25-27,29-31H2,1-8H3,(H,50,56)(H,51,57)(H,59,60)/t36-,39+,40+,41-,42-/m1/s1. The molecule has 1 aliphatic heterocycles. The van der Waals surface area contributed by atoms with Crippen LogP contribution in [0.5, 0.6) is 5.75 Å².